The van der Waals surface area contributed by atoms with Gasteiger partial charge in [0.2, 0.25) is 0 Å². The molecule has 0 aliphatic heterocycles. The maximum absolute atomic E-state index is 8.55. The number of phosphoric acid groups is 4. The first-order valence-electron chi connectivity index (χ1n) is 2.92. The van der Waals surface area contributed by atoms with Gasteiger partial charge in [-0.3, -0.25) is 4.70 Å². The zero-order valence-electron chi connectivity index (χ0n) is 10.2. The molecule has 0 fully saturated rings. The summed E-state index contributed by atoms with van der Waals surface area (Å²) in [5.41, 5.74) is 0. The average Bonchev–Trinajstić information content (AvgIpc) is 1.62. The maximum atomic E-state index is 8.55. The number of halogens is 1. The number of rotatable bonds is 0. The third kappa shape index (κ3) is 1830. The normalized spacial score (nSPS) is 9.83. The quantitative estimate of drug-likeness (QED) is 0.164. The fourth-order valence-corrected chi connectivity index (χ4v) is 0. The van der Waals surface area contributed by atoms with E-state index in [1.165, 1.54) is 0 Å². The van der Waals surface area contributed by atoms with Gasteiger partial charge >= 0.3 is 71.7 Å². The van der Waals surface area contributed by atoms with Crippen molar-refractivity contribution in [1.82, 2.24) is 0 Å². The van der Waals surface area contributed by atoms with Crippen molar-refractivity contribution < 1.29 is 81.7 Å². The molecule has 0 unspecified atom stereocenters. The van der Waals surface area contributed by atoms with Crippen molar-refractivity contribution in [1.29, 1.82) is 0 Å². The van der Waals surface area contributed by atoms with Crippen LogP contribution in [0.2, 0.25) is 0 Å². The summed E-state index contributed by atoms with van der Waals surface area (Å²) in [5.74, 6) is 0. The minimum absolute atomic E-state index is 0. The Morgan fingerprint density at radius 3 is 0.333 bits per heavy atom. The third-order valence-corrected chi connectivity index (χ3v) is 0. The Bertz CT molecular complexity index is 298. The van der Waals surface area contributed by atoms with Crippen LogP contribution in [-0.2, 0) is 18.3 Å². The zero-order chi connectivity index (χ0) is 18.0. The van der Waals surface area contributed by atoms with Crippen LogP contribution in [0.25, 0.3) is 0 Å². The summed E-state index contributed by atoms with van der Waals surface area (Å²) >= 11 is 0. The Morgan fingerprint density at radius 2 is 0.333 bits per heavy atom. The van der Waals surface area contributed by atoms with E-state index in [1.807, 2.05) is 0 Å². The molecule has 0 atom stereocenters. The van der Waals surface area contributed by atoms with Crippen LogP contribution in [0.4, 0.5) is 4.70 Å². The van der Waals surface area contributed by atoms with Crippen molar-refractivity contribution in [3.8, 4) is 0 Å². The van der Waals surface area contributed by atoms with E-state index >= 15 is 0 Å². The molecule has 0 aromatic heterocycles. The molecule has 0 saturated heterocycles. The van der Waals surface area contributed by atoms with E-state index in [-0.39, 0.29) is 76.4 Å². The Hall–Kier alpha value is 2.77. The topological polar surface area (TPSA) is 345 Å². The SMILES string of the molecule is F.O=P([O-])([O-])[O-].O=P([O-])([O-])[O-].O=P([O-])([O-])[O-].O=P([O-])([O-])[O-].[Sn+4].[Sn+4].[Sn+4]. The molecule has 0 aromatic rings. The van der Waals surface area contributed by atoms with Gasteiger partial charge in [-0.1, -0.05) is 0 Å². The molecule has 0 aromatic carbocycles. The molecule has 24 heteroatoms. The Morgan fingerprint density at radius 1 is 0.333 bits per heavy atom. The van der Waals surface area contributed by atoms with Gasteiger partial charge in [0.05, 0.1) is 0 Å². The molecule has 0 spiro atoms. The fourth-order valence-electron chi connectivity index (χ4n) is 0. The largest absolute Gasteiger partial charge is 4.00 e. The van der Waals surface area contributed by atoms with Crippen molar-refractivity contribution in [2.75, 3.05) is 0 Å². The standard InChI is InChI=1S/FH.4H3O4P.3Sn/c;4*1-5(2,3)4;;;/h1H;4*(H3,1,2,3,4);;;/q;;;;;3*+4/p-12. The van der Waals surface area contributed by atoms with Crippen LogP contribution < -0.4 is 58.7 Å². The van der Waals surface area contributed by atoms with Crippen molar-refractivity contribution in [2.45, 2.75) is 0 Å². The average molecular weight is 756 g/mol. The number of hydrogen-bond acceptors (Lipinski definition) is 16. The van der Waals surface area contributed by atoms with E-state index in [4.69, 9.17) is 77.0 Å². The zero-order valence-corrected chi connectivity index (χ0v) is 22.4. The van der Waals surface area contributed by atoms with Crippen molar-refractivity contribution >= 4 is 103 Å². The molecule has 0 saturated carbocycles. The summed E-state index contributed by atoms with van der Waals surface area (Å²) in [5, 5.41) is 0. The second-order valence-electron chi connectivity index (χ2n) is 1.79. The molecular formula is HFO16P4Sn3. The van der Waals surface area contributed by atoms with E-state index in [9.17, 15) is 0 Å². The summed E-state index contributed by atoms with van der Waals surface area (Å²) in [7, 11) is -21.6. The summed E-state index contributed by atoms with van der Waals surface area (Å²) in [4.78, 5) is 103. The van der Waals surface area contributed by atoms with Crippen LogP contribution in [-0.4, -0.2) is 71.7 Å². The molecule has 0 N–H and O–H groups in total. The molecule has 0 heterocycles. The molecule has 136 valence electrons. The number of hydrogen-bond donors (Lipinski definition) is 0. The van der Waals surface area contributed by atoms with Crippen LogP contribution in [0.5, 0.6) is 0 Å². The van der Waals surface area contributed by atoms with E-state index in [2.05, 4.69) is 0 Å². The first-order chi connectivity index (χ1) is 8.00. The van der Waals surface area contributed by atoms with Gasteiger partial charge in [0, 0.05) is 0 Å². The summed E-state index contributed by atoms with van der Waals surface area (Å²) in [6.45, 7) is 0. The van der Waals surface area contributed by atoms with E-state index < -0.39 is 31.3 Å². The predicted octanol–water partition coefficient (Wildman–Crippen LogP) is -12.3. The van der Waals surface area contributed by atoms with E-state index in [1.54, 1.807) is 0 Å². The Kier molecular flexibility index (Phi) is 46.4. The van der Waals surface area contributed by atoms with Gasteiger partial charge in [-0.15, -0.1) is 0 Å². The van der Waals surface area contributed by atoms with Gasteiger partial charge in [-0.25, -0.2) is 0 Å². The van der Waals surface area contributed by atoms with Crippen molar-refractivity contribution in [3.63, 3.8) is 0 Å². The maximum Gasteiger partial charge on any atom is 4.00 e. The Balaban J connectivity index is -0.0000000225. The van der Waals surface area contributed by atoms with Crippen LogP contribution >= 0.6 is 31.3 Å². The van der Waals surface area contributed by atoms with Gasteiger partial charge in [0.1, 0.15) is 0 Å². The van der Waals surface area contributed by atoms with Crippen molar-refractivity contribution in [3.05, 3.63) is 0 Å². The summed E-state index contributed by atoms with van der Waals surface area (Å²) in [6, 6.07) is 0. The summed E-state index contributed by atoms with van der Waals surface area (Å²) in [6.07, 6.45) is 0. The minimum Gasteiger partial charge on any atom is -0.822 e. The smallest absolute Gasteiger partial charge is 0.822 e. The van der Waals surface area contributed by atoms with Gasteiger partial charge in [0.15, 0.2) is 0 Å². The monoisotopic (exact) mass is 760 g/mol. The second kappa shape index (κ2) is 22.1. The minimum atomic E-state index is -5.39. The molecule has 0 aliphatic carbocycles. The van der Waals surface area contributed by atoms with Crippen LogP contribution in [0, 0.1) is 0 Å². The Labute approximate surface area is 183 Å². The molecule has 0 bridgehead atoms. The molecule has 0 rings (SSSR count). The molecule has 0 aliphatic rings. The predicted molar refractivity (Wildman–Crippen MR) is 50.2 cm³/mol. The van der Waals surface area contributed by atoms with Crippen molar-refractivity contribution in [2.24, 2.45) is 0 Å². The van der Waals surface area contributed by atoms with Crippen LogP contribution in [0.3, 0.4) is 0 Å². The molecule has 0 radical (unpaired) electrons. The fraction of sp³-hybridized carbons (Fsp3) is 0. The molecular weight excluding hydrogens is 755 g/mol. The van der Waals surface area contributed by atoms with E-state index in [0.29, 0.717) is 0 Å². The second-order valence-corrected chi connectivity index (χ2v) is 5.37. The van der Waals surface area contributed by atoms with Gasteiger partial charge < -0.3 is 77.0 Å². The summed E-state index contributed by atoms with van der Waals surface area (Å²) < 4.78 is 34.2. The third-order valence-electron chi connectivity index (χ3n) is 0. The van der Waals surface area contributed by atoms with Gasteiger partial charge in [-0.05, 0) is 0 Å². The van der Waals surface area contributed by atoms with Gasteiger partial charge in [-0.2, -0.15) is 31.3 Å². The molecule has 0 amide bonds. The van der Waals surface area contributed by atoms with Crippen LogP contribution in [0.1, 0.15) is 0 Å². The molecule has 16 nitrogen and oxygen atoms in total. The first kappa shape index (κ1) is 50.5. The van der Waals surface area contributed by atoms with Crippen LogP contribution in [0.15, 0.2) is 0 Å². The van der Waals surface area contributed by atoms with E-state index in [0.717, 1.165) is 0 Å². The first-order valence-corrected chi connectivity index (χ1v) is 8.76. The van der Waals surface area contributed by atoms with Gasteiger partial charge in [0.25, 0.3) is 0 Å². The molecule has 24 heavy (non-hydrogen) atoms.